The topological polar surface area (TPSA) is 90.1 Å². The fraction of sp³-hybridized carbons (Fsp3) is 0.273. The SMILES string of the molecule is COc1ccc(-n2nnc(CCC(=O)O)n2)cc1F. The highest BCUT2D eigenvalue weighted by Crippen LogP contribution is 2.19. The summed E-state index contributed by atoms with van der Waals surface area (Å²) in [5, 5.41) is 20.0. The molecule has 2 aromatic rings. The van der Waals surface area contributed by atoms with Crippen molar-refractivity contribution in [1.82, 2.24) is 20.2 Å². The molecule has 1 N–H and O–H groups in total. The second-order valence-electron chi connectivity index (χ2n) is 3.71. The first-order chi connectivity index (χ1) is 9.10. The Morgan fingerprint density at radius 1 is 1.53 bits per heavy atom. The van der Waals surface area contributed by atoms with Crippen LogP contribution in [0.3, 0.4) is 0 Å². The molecule has 0 aliphatic rings. The number of halogens is 1. The molecule has 0 aliphatic carbocycles. The van der Waals surface area contributed by atoms with Gasteiger partial charge in [0, 0.05) is 12.5 Å². The molecule has 0 saturated carbocycles. The third-order valence-corrected chi connectivity index (χ3v) is 2.38. The van der Waals surface area contributed by atoms with Crippen LogP contribution in [0, 0.1) is 5.82 Å². The number of benzene rings is 1. The van der Waals surface area contributed by atoms with Crippen LogP contribution >= 0.6 is 0 Å². The second-order valence-corrected chi connectivity index (χ2v) is 3.71. The summed E-state index contributed by atoms with van der Waals surface area (Å²) in [4.78, 5) is 11.6. The van der Waals surface area contributed by atoms with Gasteiger partial charge < -0.3 is 9.84 Å². The summed E-state index contributed by atoms with van der Waals surface area (Å²) in [6, 6.07) is 4.23. The minimum Gasteiger partial charge on any atom is -0.494 e. The van der Waals surface area contributed by atoms with Crippen LogP contribution in [0.15, 0.2) is 18.2 Å². The number of hydrogen-bond acceptors (Lipinski definition) is 5. The molecule has 0 saturated heterocycles. The van der Waals surface area contributed by atoms with Crippen molar-refractivity contribution >= 4 is 5.97 Å². The lowest BCUT2D eigenvalue weighted by atomic mass is 10.3. The van der Waals surface area contributed by atoms with Crippen LogP contribution in [-0.4, -0.2) is 38.4 Å². The van der Waals surface area contributed by atoms with Crippen LogP contribution in [0.2, 0.25) is 0 Å². The van der Waals surface area contributed by atoms with E-state index in [1.807, 2.05) is 0 Å². The molecule has 0 bridgehead atoms. The van der Waals surface area contributed by atoms with E-state index in [9.17, 15) is 9.18 Å². The van der Waals surface area contributed by atoms with Crippen molar-refractivity contribution in [2.24, 2.45) is 0 Å². The summed E-state index contributed by atoms with van der Waals surface area (Å²) in [7, 11) is 1.37. The largest absolute Gasteiger partial charge is 0.494 e. The van der Waals surface area contributed by atoms with Crippen LogP contribution < -0.4 is 4.74 Å². The van der Waals surface area contributed by atoms with Crippen LogP contribution in [0.4, 0.5) is 4.39 Å². The highest BCUT2D eigenvalue weighted by Gasteiger charge is 2.09. The predicted molar refractivity (Wildman–Crippen MR) is 61.6 cm³/mol. The molecule has 8 heteroatoms. The first-order valence-corrected chi connectivity index (χ1v) is 5.45. The Bertz CT molecular complexity index is 599. The number of aromatic nitrogens is 4. The maximum Gasteiger partial charge on any atom is 0.303 e. The minimum absolute atomic E-state index is 0.0807. The lowest BCUT2D eigenvalue weighted by Crippen LogP contribution is -2.02. The van der Waals surface area contributed by atoms with Gasteiger partial charge in [-0.2, -0.15) is 0 Å². The van der Waals surface area contributed by atoms with E-state index in [4.69, 9.17) is 9.84 Å². The summed E-state index contributed by atoms with van der Waals surface area (Å²) >= 11 is 0. The molecule has 1 aromatic carbocycles. The molecule has 0 spiro atoms. The molecule has 2 rings (SSSR count). The van der Waals surface area contributed by atoms with E-state index >= 15 is 0 Å². The molecule has 0 fully saturated rings. The number of aliphatic carboxylic acids is 1. The number of hydrogen-bond donors (Lipinski definition) is 1. The summed E-state index contributed by atoms with van der Waals surface area (Å²) in [6.07, 6.45) is 0.0939. The fourth-order valence-electron chi connectivity index (χ4n) is 1.45. The van der Waals surface area contributed by atoms with Gasteiger partial charge in [-0.25, -0.2) is 4.39 Å². The Kier molecular flexibility index (Phi) is 3.69. The van der Waals surface area contributed by atoms with Gasteiger partial charge in [0.05, 0.1) is 19.2 Å². The van der Waals surface area contributed by atoms with Gasteiger partial charge >= 0.3 is 5.97 Å². The number of nitrogens with zero attached hydrogens (tertiary/aromatic N) is 4. The lowest BCUT2D eigenvalue weighted by molar-refractivity contribution is -0.137. The van der Waals surface area contributed by atoms with E-state index in [0.717, 1.165) is 4.80 Å². The van der Waals surface area contributed by atoms with Crippen LogP contribution in [0.5, 0.6) is 5.75 Å². The minimum atomic E-state index is -0.938. The molecule has 0 aliphatic heterocycles. The number of carboxylic acids is 1. The van der Waals surface area contributed by atoms with Crippen molar-refractivity contribution in [2.75, 3.05) is 7.11 Å². The number of aryl methyl sites for hydroxylation is 1. The average Bonchev–Trinajstić information content (AvgIpc) is 2.85. The smallest absolute Gasteiger partial charge is 0.303 e. The number of methoxy groups -OCH3 is 1. The summed E-state index contributed by atoms with van der Waals surface area (Å²) in [6.45, 7) is 0. The molecule has 1 aromatic heterocycles. The van der Waals surface area contributed by atoms with Crippen molar-refractivity contribution in [3.8, 4) is 11.4 Å². The Morgan fingerprint density at radius 3 is 2.95 bits per heavy atom. The lowest BCUT2D eigenvalue weighted by Gasteiger charge is -2.03. The molecule has 19 heavy (non-hydrogen) atoms. The van der Waals surface area contributed by atoms with E-state index < -0.39 is 11.8 Å². The van der Waals surface area contributed by atoms with Crippen LogP contribution in [0.25, 0.3) is 5.69 Å². The molecular weight excluding hydrogens is 255 g/mol. The van der Waals surface area contributed by atoms with Gasteiger partial charge in [-0.05, 0) is 17.3 Å². The van der Waals surface area contributed by atoms with Crippen molar-refractivity contribution in [2.45, 2.75) is 12.8 Å². The summed E-state index contributed by atoms with van der Waals surface area (Å²) < 4.78 is 18.3. The molecule has 0 amide bonds. The van der Waals surface area contributed by atoms with Gasteiger partial charge in [0.15, 0.2) is 17.4 Å². The first-order valence-electron chi connectivity index (χ1n) is 5.45. The van der Waals surface area contributed by atoms with Gasteiger partial charge in [-0.3, -0.25) is 4.79 Å². The zero-order valence-electron chi connectivity index (χ0n) is 10.1. The zero-order chi connectivity index (χ0) is 13.8. The standard InChI is InChI=1S/C11H11FN4O3/c1-19-9-3-2-7(6-8(9)12)16-14-10(13-15-16)4-5-11(17)18/h2-3,6H,4-5H2,1H3,(H,17,18). The number of ether oxygens (including phenoxy) is 1. The average molecular weight is 266 g/mol. The highest BCUT2D eigenvalue weighted by molar-refractivity contribution is 5.66. The maximum absolute atomic E-state index is 13.5. The van der Waals surface area contributed by atoms with E-state index in [1.165, 1.54) is 19.2 Å². The van der Waals surface area contributed by atoms with Crippen molar-refractivity contribution < 1.29 is 19.0 Å². The van der Waals surface area contributed by atoms with Gasteiger partial charge in [-0.1, -0.05) is 0 Å². The predicted octanol–water partition coefficient (Wildman–Crippen LogP) is 0.827. The molecule has 100 valence electrons. The number of carbonyl (C=O) groups is 1. The Labute approximate surface area is 107 Å². The van der Waals surface area contributed by atoms with Crippen LogP contribution in [-0.2, 0) is 11.2 Å². The quantitative estimate of drug-likeness (QED) is 0.861. The molecule has 1 heterocycles. The van der Waals surface area contributed by atoms with Crippen molar-refractivity contribution in [1.29, 1.82) is 0 Å². The number of tetrazole rings is 1. The third kappa shape index (κ3) is 3.03. The molecule has 7 nitrogen and oxygen atoms in total. The third-order valence-electron chi connectivity index (χ3n) is 2.38. The van der Waals surface area contributed by atoms with E-state index in [1.54, 1.807) is 6.07 Å². The molecule has 0 atom stereocenters. The molecular formula is C11H11FN4O3. The summed E-state index contributed by atoms with van der Waals surface area (Å²) in [5.74, 6) is -1.06. The van der Waals surface area contributed by atoms with Gasteiger partial charge in [0.2, 0.25) is 0 Å². The molecule has 0 unspecified atom stereocenters. The fourth-order valence-corrected chi connectivity index (χ4v) is 1.45. The Balaban J connectivity index is 2.18. The van der Waals surface area contributed by atoms with E-state index in [2.05, 4.69) is 15.4 Å². The van der Waals surface area contributed by atoms with E-state index in [-0.39, 0.29) is 18.6 Å². The van der Waals surface area contributed by atoms with Gasteiger partial charge in [-0.15, -0.1) is 15.0 Å². The first kappa shape index (κ1) is 12.9. The Hall–Kier alpha value is -2.51. The number of carboxylic acid groups (broad SMARTS) is 1. The monoisotopic (exact) mass is 266 g/mol. The van der Waals surface area contributed by atoms with Crippen molar-refractivity contribution in [3.63, 3.8) is 0 Å². The van der Waals surface area contributed by atoms with Crippen LogP contribution in [0.1, 0.15) is 12.2 Å². The second kappa shape index (κ2) is 5.42. The molecule has 0 radical (unpaired) electrons. The van der Waals surface area contributed by atoms with Gasteiger partial charge in [0.25, 0.3) is 0 Å². The summed E-state index contributed by atoms with van der Waals surface area (Å²) in [5.41, 5.74) is 0.382. The number of rotatable bonds is 5. The van der Waals surface area contributed by atoms with Crippen molar-refractivity contribution in [3.05, 3.63) is 29.8 Å². The zero-order valence-corrected chi connectivity index (χ0v) is 10.1. The highest BCUT2D eigenvalue weighted by atomic mass is 19.1. The Morgan fingerprint density at radius 2 is 2.32 bits per heavy atom. The van der Waals surface area contributed by atoms with E-state index in [0.29, 0.717) is 11.5 Å². The normalized spacial score (nSPS) is 10.4. The maximum atomic E-state index is 13.5. The van der Waals surface area contributed by atoms with Gasteiger partial charge in [0.1, 0.15) is 0 Å².